The molecule has 0 saturated carbocycles. The molecule has 6 heteroatoms. The Morgan fingerprint density at radius 3 is 1.92 bits per heavy atom. The predicted molar refractivity (Wildman–Crippen MR) is 40.6 cm³/mol. The zero-order chi connectivity index (χ0) is 10.5. The van der Waals surface area contributed by atoms with E-state index in [9.17, 15) is 18.0 Å². The molecule has 0 aromatic heterocycles. The number of alkyl halides is 3. The van der Waals surface area contributed by atoms with Gasteiger partial charge in [0.05, 0.1) is 11.8 Å². The Kier molecular flexibility index (Phi) is 4.76. The van der Waals surface area contributed by atoms with Crippen LogP contribution in [0, 0.1) is 5.41 Å². The number of halogens is 3. The van der Waals surface area contributed by atoms with Gasteiger partial charge in [-0.25, -0.2) is 0 Å². The van der Waals surface area contributed by atoms with Crippen LogP contribution in [-0.4, -0.2) is 37.1 Å². The predicted octanol–water partition coefficient (Wildman–Crippen LogP) is 0.683. The molecule has 0 spiro atoms. The summed E-state index contributed by atoms with van der Waals surface area (Å²) in [5.41, 5.74) is 3.20. The summed E-state index contributed by atoms with van der Waals surface area (Å²) in [5, 5.41) is 8.29. The van der Waals surface area contributed by atoms with Gasteiger partial charge in [0.15, 0.2) is 0 Å². The van der Waals surface area contributed by atoms with Crippen LogP contribution in [0.1, 0.15) is 6.42 Å². The number of carbonyl (C=O) groups is 1. The van der Waals surface area contributed by atoms with Gasteiger partial charge >= 0.3 is 5.97 Å². The molecule has 3 N–H and O–H groups in total. The Morgan fingerprint density at radius 2 is 1.69 bits per heavy atom. The molecule has 0 aliphatic heterocycles. The molecular weight excluding hydrogens is 187 g/mol. The quantitative estimate of drug-likeness (QED) is 0.661. The number of carboxylic acids is 1. The molecular formula is C7H12F3NO2. The van der Waals surface area contributed by atoms with Crippen LogP contribution in [0.25, 0.3) is 0 Å². The summed E-state index contributed by atoms with van der Waals surface area (Å²) in [6, 6.07) is -1.34. The molecule has 0 fully saturated rings. The van der Waals surface area contributed by atoms with E-state index in [1.807, 2.05) is 0 Å². The zero-order valence-electron chi connectivity index (χ0n) is 6.97. The molecule has 3 nitrogen and oxygen atoms in total. The number of nitrogens with two attached hydrogens (primary N) is 1. The normalized spacial score (nSPS) is 14.2. The summed E-state index contributed by atoms with van der Waals surface area (Å²) >= 11 is 0. The fourth-order valence-electron chi connectivity index (χ4n) is 0.809. The number of hydrogen-bond acceptors (Lipinski definition) is 2. The monoisotopic (exact) mass is 199 g/mol. The minimum Gasteiger partial charge on any atom is -0.481 e. The molecule has 0 aliphatic carbocycles. The Balaban J connectivity index is 4.43. The first-order chi connectivity index (χ1) is 6.02. The SMILES string of the molecule is NC(CC(=O)O)C(CF)(CF)CF. The van der Waals surface area contributed by atoms with E-state index in [-0.39, 0.29) is 0 Å². The van der Waals surface area contributed by atoms with Crippen molar-refractivity contribution in [3.63, 3.8) is 0 Å². The summed E-state index contributed by atoms with van der Waals surface area (Å²) < 4.78 is 36.8. The van der Waals surface area contributed by atoms with E-state index in [1.54, 1.807) is 0 Å². The van der Waals surface area contributed by atoms with Crippen molar-refractivity contribution in [2.24, 2.45) is 11.1 Å². The summed E-state index contributed by atoms with van der Waals surface area (Å²) in [4.78, 5) is 10.2. The highest BCUT2D eigenvalue weighted by Gasteiger charge is 2.38. The van der Waals surface area contributed by atoms with Crippen molar-refractivity contribution in [3.05, 3.63) is 0 Å². The Bertz CT molecular complexity index is 165. The minimum absolute atomic E-state index is 0.641. The van der Waals surface area contributed by atoms with Crippen LogP contribution in [0.4, 0.5) is 13.2 Å². The number of carboxylic acid groups (broad SMARTS) is 1. The van der Waals surface area contributed by atoms with Crippen molar-refractivity contribution in [1.82, 2.24) is 0 Å². The van der Waals surface area contributed by atoms with Crippen molar-refractivity contribution >= 4 is 5.97 Å². The van der Waals surface area contributed by atoms with E-state index in [0.29, 0.717) is 0 Å². The van der Waals surface area contributed by atoms with Crippen molar-refractivity contribution < 1.29 is 23.1 Å². The average Bonchev–Trinajstić information content (AvgIpc) is 2.07. The van der Waals surface area contributed by atoms with Gasteiger partial charge in [0.1, 0.15) is 20.0 Å². The standard InChI is InChI=1S/C7H12F3NO2/c8-2-7(3-9,4-10)5(11)1-6(12)13/h5H,1-4,11H2,(H,12,13). The highest BCUT2D eigenvalue weighted by atomic mass is 19.1. The van der Waals surface area contributed by atoms with Gasteiger partial charge in [0.25, 0.3) is 0 Å². The van der Waals surface area contributed by atoms with Crippen molar-refractivity contribution in [2.75, 3.05) is 20.0 Å². The van der Waals surface area contributed by atoms with Gasteiger partial charge in [0, 0.05) is 6.04 Å². The van der Waals surface area contributed by atoms with Crippen LogP contribution in [0.3, 0.4) is 0 Å². The molecule has 0 aromatic rings. The van der Waals surface area contributed by atoms with Gasteiger partial charge in [-0.1, -0.05) is 0 Å². The number of rotatable bonds is 6. The second kappa shape index (κ2) is 5.06. The van der Waals surface area contributed by atoms with E-state index in [0.717, 1.165) is 0 Å². The van der Waals surface area contributed by atoms with E-state index >= 15 is 0 Å². The molecule has 0 rings (SSSR count). The summed E-state index contributed by atoms with van der Waals surface area (Å²) in [7, 11) is 0. The molecule has 0 amide bonds. The van der Waals surface area contributed by atoms with Crippen molar-refractivity contribution in [2.45, 2.75) is 12.5 Å². The lowest BCUT2D eigenvalue weighted by Crippen LogP contribution is -2.48. The summed E-state index contributed by atoms with van der Waals surface area (Å²) in [6.07, 6.45) is -0.641. The Labute approximate surface area is 73.7 Å². The first-order valence-corrected chi connectivity index (χ1v) is 3.67. The van der Waals surface area contributed by atoms with Gasteiger partial charge in [0.2, 0.25) is 0 Å². The van der Waals surface area contributed by atoms with Gasteiger partial charge in [-0.3, -0.25) is 18.0 Å². The molecule has 1 atom stereocenters. The summed E-state index contributed by atoms with van der Waals surface area (Å²) in [5.74, 6) is -1.30. The maximum Gasteiger partial charge on any atom is 0.304 e. The van der Waals surface area contributed by atoms with Crippen LogP contribution in [0.5, 0.6) is 0 Å². The third kappa shape index (κ3) is 2.87. The second-order valence-electron chi connectivity index (χ2n) is 2.97. The lowest BCUT2D eigenvalue weighted by molar-refractivity contribution is -0.138. The van der Waals surface area contributed by atoms with Crippen LogP contribution >= 0.6 is 0 Å². The molecule has 0 saturated heterocycles. The van der Waals surface area contributed by atoms with E-state index < -0.39 is 43.9 Å². The maximum atomic E-state index is 12.3. The smallest absolute Gasteiger partial charge is 0.304 e. The maximum absolute atomic E-state index is 12.3. The lowest BCUT2D eigenvalue weighted by atomic mass is 9.83. The molecule has 78 valence electrons. The van der Waals surface area contributed by atoms with Gasteiger partial charge < -0.3 is 10.8 Å². The second-order valence-corrected chi connectivity index (χ2v) is 2.97. The number of aliphatic carboxylic acids is 1. The highest BCUT2D eigenvalue weighted by molar-refractivity contribution is 5.67. The third-order valence-electron chi connectivity index (χ3n) is 1.98. The molecule has 1 unspecified atom stereocenters. The summed E-state index contributed by atoms with van der Waals surface area (Å²) in [6.45, 7) is -3.89. The molecule has 0 aromatic carbocycles. The first kappa shape index (κ1) is 12.2. The minimum atomic E-state index is -1.99. The van der Waals surface area contributed by atoms with Gasteiger partial charge in [-0.15, -0.1) is 0 Å². The highest BCUT2D eigenvalue weighted by Crippen LogP contribution is 2.25. The van der Waals surface area contributed by atoms with Crippen LogP contribution in [-0.2, 0) is 4.79 Å². The van der Waals surface area contributed by atoms with Gasteiger partial charge in [-0.2, -0.15) is 0 Å². The van der Waals surface area contributed by atoms with E-state index in [2.05, 4.69) is 0 Å². The first-order valence-electron chi connectivity index (χ1n) is 3.67. The lowest BCUT2D eigenvalue weighted by Gasteiger charge is -2.29. The van der Waals surface area contributed by atoms with Crippen molar-refractivity contribution in [3.8, 4) is 0 Å². The molecule has 0 bridgehead atoms. The zero-order valence-corrected chi connectivity index (χ0v) is 6.97. The molecule has 13 heavy (non-hydrogen) atoms. The van der Waals surface area contributed by atoms with Crippen LogP contribution in [0.15, 0.2) is 0 Å². The Morgan fingerprint density at radius 1 is 1.31 bits per heavy atom. The third-order valence-corrected chi connectivity index (χ3v) is 1.98. The Hall–Kier alpha value is -0.780. The fraction of sp³-hybridized carbons (Fsp3) is 0.857. The largest absolute Gasteiger partial charge is 0.481 e. The van der Waals surface area contributed by atoms with Crippen LogP contribution in [0.2, 0.25) is 0 Å². The van der Waals surface area contributed by atoms with Crippen molar-refractivity contribution in [1.29, 1.82) is 0 Å². The van der Waals surface area contributed by atoms with Gasteiger partial charge in [-0.05, 0) is 0 Å². The van der Waals surface area contributed by atoms with Crippen LogP contribution < -0.4 is 5.73 Å². The number of hydrogen-bond donors (Lipinski definition) is 2. The fourth-order valence-corrected chi connectivity index (χ4v) is 0.809. The molecule has 0 aliphatic rings. The molecule has 0 heterocycles. The van der Waals surface area contributed by atoms with E-state index in [4.69, 9.17) is 10.8 Å². The molecule has 0 radical (unpaired) electrons. The topological polar surface area (TPSA) is 63.3 Å². The average molecular weight is 199 g/mol. The van der Waals surface area contributed by atoms with E-state index in [1.165, 1.54) is 0 Å².